The van der Waals surface area contributed by atoms with Crippen molar-refractivity contribution >= 4 is 17.0 Å². The zero-order chi connectivity index (χ0) is 23.0. The van der Waals surface area contributed by atoms with Crippen LogP contribution in [0.2, 0.25) is 0 Å². The largest absolute Gasteiger partial charge is 0.573 e. The first-order valence-corrected chi connectivity index (χ1v) is 9.10. The third-order valence-corrected chi connectivity index (χ3v) is 4.62. The van der Waals surface area contributed by atoms with E-state index in [-0.39, 0.29) is 11.4 Å². The Kier molecular flexibility index (Phi) is 5.77. The summed E-state index contributed by atoms with van der Waals surface area (Å²) in [6, 6.07) is 10.4. The number of carbonyl (C=O) groups is 1. The number of ether oxygens (including phenoxy) is 2. The molecule has 0 saturated heterocycles. The van der Waals surface area contributed by atoms with Gasteiger partial charge in [0, 0.05) is 7.05 Å². The van der Waals surface area contributed by atoms with E-state index in [1.807, 2.05) is 0 Å². The molecule has 0 spiro atoms. The van der Waals surface area contributed by atoms with Crippen LogP contribution in [0.1, 0.15) is 19.5 Å². The van der Waals surface area contributed by atoms with Crippen molar-refractivity contribution in [2.45, 2.75) is 25.8 Å². The second-order valence-corrected chi connectivity index (χ2v) is 7.29. The topological polar surface area (TPSA) is 90.7 Å². The number of hydrogen-bond donors (Lipinski definition) is 1. The quantitative estimate of drug-likeness (QED) is 0.632. The zero-order valence-corrected chi connectivity index (χ0v) is 16.9. The van der Waals surface area contributed by atoms with Crippen molar-refractivity contribution in [1.82, 2.24) is 9.55 Å². The number of aromatic nitrogens is 2. The molecule has 164 valence electrons. The number of alkyl halides is 3. The SMILES string of the molecule is Cn1c(=O)c(C(C)(C)OCC(=O)O)nc2ccc(-c3ccc(OC(F)(F)F)cc3)cc21. The van der Waals surface area contributed by atoms with Crippen LogP contribution < -0.4 is 10.3 Å². The van der Waals surface area contributed by atoms with Crippen molar-refractivity contribution < 1.29 is 32.5 Å². The molecular weight excluding hydrogens is 417 g/mol. The first-order chi connectivity index (χ1) is 14.4. The lowest BCUT2D eigenvalue weighted by Crippen LogP contribution is -2.36. The molecule has 0 fully saturated rings. The number of carboxylic acid groups (broad SMARTS) is 1. The minimum atomic E-state index is -4.77. The van der Waals surface area contributed by atoms with E-state index in [4.69, 9.17) is 9.84 Å². The fourth-order valence-electron chi connectivity index (χ4n) is 3.05. The van der Waals surface area contributed by atoms with Crippen LogP contribution in [0.15, 0.2) is 47.3 Å². The first-order valence-electron chi connectivity index (χ1n) is 9.10. The minimum absolute atomic E-state index is 0.0603. The summed E-state index contributed by atoms with van der Waals surface area (Å²) in [6.45, 7) is 2.54. The van der Waals surface area contributed by atoms with Crippen LogP contribution >= 0.6 is 0 Å². The third-order valence-electron chi connectivity index (χ3n) is 4.62. The van der Waals surface area contributed by atoms with Crippen molar-refractivity contribution in [2.75, 3.05) is 6.61 Å². The Morgan fingerprint density at radius 3 is 2.29 bits per heavy atom. The number of hydrogen-bond acceptors (Lipinski definition) is 5. The molecule has 0 aliphatic heterocycles. The lowest BCUT2D eigenvalue weighted by atomic mass is 10.0. The molecule has 7 nitrogen and oxygen atoms in total. The smallest absolute Gasteiger partial charge is 0.480 e. The molecule has 1 N–H and O–H groups in total. The normalized spacial score (nSPS) is 12.2. The molecule has 3 rings (SSSR count). The maximum atomic E-state index is 12.8. The van der Waals surface area contributed by atoms with Crippen LogP contribution in [0.3, 0.4) is 0 Å². The monoisotopic (exact) mass is 436 g/mol. The second-order valence-electron chi connectivity index (χ2n) is 7.29. The van der Waals surface area contributed by atoms with Crippen molar-refractivity contribution in [3.63, 3.8) is 0 Å². The van der Waals surface area contributed by atoms with Crippen molar-refractivity contribution in [3.05, 3.63) is 58.5 Å². The van der Waals surface area contributed by atoms with Crippen LogP contribution in [0.5, 0.6) is 5.75 Å². The standard InChI is InChI=1S/C21H19F3N2O5/c1-20(2,30-11-17(27)28)18-19(29)26(3)16-10-13(6-9-15(16)25-18)12-4-7-14(8-5-12)31-21(22,23)24/h4-10H,11H2,1-3H3,(H,27,28). The molecule has 31 heavy (non-hydrogen) atoms. The van der Waals surface area contributed by atoms with Crippen LogP contribution in [-0.2, 0) is 22.2 Å². The van der Waals surface area contributed by atoms with E-state index in [9.17, 15) is 22.8 Å². The van der Waals surface area contributed by atoms with Gasteiger partial charge in [0.15, 0.2) is 0 Å². The first kappa shape index (κ1) is 22.3. The van der Waals surface area contributed by atoms with Gasteiger partial charge in [-0.25, -0.2) is 9.78 Å². The van der Waals surface area contributed by atoms with E-state index in [2.05, 4.69) is 9.72 Å². The Balaban J connectivity index is 1.99. The fraction of sp³-hybridized carbons (Fsp3) is 0.286. The number of fused-ring (bicyclic) bond motifs is 1. The van der Waals surface area contributed by atoms with Gasteiger partial charge in [-0.1, -0.05) is 18.2 Å². The van der Waals surface area contributed by atoms with Crippen LogP contribution in [0.25, 0.3) is 22.2 Å². The van der Waals surface area contributed by atoms with Gasteiger partial charge >= 0.3 is 12.3 Å². The Morgan fingerprint density at radius 1 is 1.10 bits per heavy atom. The lowest BCUT2D eigenvalue weighted by molar-refractivity contribution is -0.274. The van der Waals surface area contributed by atoms with Crippen LogP contribution in [-0.4, -0.2) is 33.6 Å². The highest BCUT2D eigenvalue weighted by molar-refractivity contribution is 5.82. The van der Waals surface area contributed by atoms with Gasteiger partial charge in [0.05, 0.1) is 11.0 Å². The molecule has 0 aliphatic carbocycles. The molecule has 2 aromatic carbocycles. The molecular formula is C21H19F3N2O5. The average molecular weight is 436 g/mol. The maximum absolute atomic E-state index is 12.8. The van der Waals surface area contributed by atoms with Gasteiger partial charge in [-0.15, -0.1) is 13.2 Å². The molecule has 0 saturated carbocycles. The van der Waals surface area contributed by atoms with Gasteiger partial charge in [-0.3, -0.25) is 4.79 Å². The molecule has 0 atom stereocenters. The lowest BCUT2D eigenvalue weighted by Gasteiger charge is -2.24. The van der Waals surface area contributed by atoms with Gasteiger partial charge < -0.3 is 19.1 Å². The fourth-order valence-corrected chi connectivity index (χ4v) is 3.05. The third kappa shape index (κ3) is 5.02. The summed E-state index contributed by atoms with van der Waals surface area (Å²) in [5.74, 6) is -1.50. The Hall–Kier alpha value is -3.40. The van der Waals surface area contributed by atoms with Crippen molar-refractivity contribution in [1.29, 1.82) is 0 Å². The van der Waals surface area contributed by atoms with Crippen LogP contribution in [0.4, 0.5) is 13.2 Å². The van der Waals surface area contributed by atoms with Gasteiger partial charge in [-0.05, 0) is 49.2 Å². The molecule has 10 heteroatoms. The molecule has 0 aliphatic rings. The number of aryl methyl sites for hydroxylation is 1. The molecule has 0 unspecified atom stereocenters. The molecule has 0 bridgehead atoms. The van der Waals surface area contributed by atoms with Crippen LogP contribution in [0, 0.1) is 0 Å². The summed E-state index contributed by atoms with van der Waals surface area (Å²) < 4.78 is 47.6. The summed E-state index contributed by atoms with van der Waals surface area (Å²) in [5.41, 5.74) is 0.643. The van der Waals surface area contributed by atoms with Crippen molar-refractivity contribution in [3.8, 4) is 16.9 Å². The number of aliphatic carboxylic acids is 1. The van der Waals surface area contributed by atoms with E-state index < -0.39 is 30.1 Å². The molecule has 0 amide bonds. The Morgan fingerprint density at radius 2 is 1.71 bits per heavy atom. The van der Waals surface area contributed by atoms with Crippen molar-refractivity contribution in [2.24, 2.45) is 7.05 Å². The number of nitrogens with zero attached hydrogens (tertiary/aromatic N) is 2. The van der Waals surface area contributed by atoms with E-state index in [1.54, 1.807) is 39.1 Å². The van der Waals surface area contributed by atoms with Gasteiger partial charge in [-0.2, -0.15) is 0 Å². The predicted octanol–water partition coefficient (Wildman–Crippen LogP) is 3.84. The Labute approximate surface area is 174 Å². The molecule has 1 heterocycles. The average Bonchev–Trinajstić information content (AvgIpc) is 2.68. The highest BCUT2D eigenvalue weighted by Gasteiger charge is 2.31. The van der Waals surface area contributed by atoms with E-state index >= 15 is 0 Å². The Bertz CT molecular complexity index is 1180. The molecule has 0 radical (unpaired) electrons. The number of rotatable bonds is 6. The van der Waals surface area contributed by atoms with Gasteiger partial charge in [0.1, 0.15) is 23.7 Å². The number of carboxylic acids is 1. The summed E-state index contributed by atoms with van der Waals surface area (Å²) in [5, 5.41) is 8.84. The van der Waals surface area contributed by atoms with Gasteiger partial charge in [0.2, 0.25) is 0 Å². The highest BCUT2D eigenvalue weighted by Crippen LogP contribution is 2.29. The summed E-state index contributed by atoms with van der Waals surface area (Å²) in [4.78, 5) is 28.0. The number of benzene rings is 2. The molecule has 1 aromatic heterocycles. The zero-order valence-electron chi connectivity index (χ0n) is 16.9. The van der Waals surface area contributed by atoms with Gasteiger partial charge in [0.25, 0.3) is 5.56 Å². The van der Waals surface area contributed by atoms with E-state index in [0.29, 0.717) is 22.2 Å². The number of halogens is 3. The van der Waals surface area contributed by atoms with E-state index in [0.717, 1.165) is 0 Å². The minimum Gasteiger partial charge on any atom is -0.480 e. The second kappa shape index (κ2) is 8.03. The summed E-state index contributed by atoms with van der Waals surface area (Å²) >= 11 is 0. The van der Waals surface area contributed by atoms with E-state index in [1.165, 1.54) is 28.8 Å². The predicted molar refractivity (Wildman–Crippen MR) is 106 cm³/mol. The highest BCUT2D eigenvalue weighted by atomic mass is 19.4. The maximum Gasteiger partial charge on any atom is 0.573 e. The summed E-state index contributed by atoms with van der Waals surface area (Å²) in [7, 11) is 1.55. The summed E-state index contributed by atoms with van der Waals surface area (Å²) in [6.07, 6.45) is -4.77. The molecule has 3 aromatic rings.